The van der Waals surface area contributed by atoms with Crippen LogP contribution < -0.4 is 0 Å². The van der Waals surface area contributed by atoms with E-state index in [1.54, 1.807) is 0 Å². The highest BCUT2D eigenvalue weighted by Crippen LogP contribution is 1.31. The predicted octanol–water partition coefficient (Wildman–Crippen LogP) is -0.559. The number of hydrogen-bond acceptors (Lipinski definition) is 3. The first-order chi connectivity index (χ1) is 1.91. The van der Waals surface area contributed by atoms with Gasteiger partial charge in [0, 0.05) is 0 Å². The van der Waals surface area contributed by atoms with Crippen LogP contribution in [-0.4, -0.2) is 14.9 Å². The fourth-order valence-electron chi connectivity index (χ4n) is 0. The highest BCUT2D eigenvalue weighted by Gasteiger charge is 1.26. The van der Waals surface area contributed by atoms with Crippen molar-refractivity contribution in [1.82, 2.24) is 0 Å². The van der Waals surface area contributed by atoms with Crippen molar-refractivity contribution in [2.45, 2.75) is 0 Å². The fraction of sp³-hybridized carbons (Fsp3) is 0. The molecular formula is HO3Si-. The molecule has 0 aliphatic carbocycles. The van der Waals surface area contributed by atoms with Crippen LogP contribution in [0.3, 0.4) is 0 Å². The van der Waals surface area contributed by atoms with E-state index in [4.69, 9.17) is 9.72 Å². The monoisotopic (exact) mass is 77.0 g/mol. The summed E-state index contributed by atoms with van der Waals surface area (Å²) in [5.41, 5.74) is 0. The summed E-state index contributed by atoms with van der Waals surface area (Å²) in [7, 11) is -1.05. The molecule has 0 amide bonds. The Morgan fingerprint density at radius 3 is 2.25 bits per heavy atom. The second-order valence-corrected chi connectivity index (χ2v) is 0.524. The van der Waals surface area contributed by atoms with Crippen LogP contribution in [0.2, 0.25) is 0 Å². The minimum absolute atomic E-state index is 1.05. The highest BCUT2D eigenvalue weighted by atomic mass is 28.2. The van der Waals surface area contributed by atoms with Crippen LogP contribution in [0, 0.1) is 0 Å². The van der Waals surface area contributed by atoms with Crippen LogP contribution in [-0.2, 0) is 9.04 Å². The second kappa shape index (κ2) is 2.78. The molecule has 24 valence electrons. The third kappa shape index (κ3) is 1.78. The van der Waals surface area contributed by atoms with Crippen LogP contribution in [0.1, 0.15) is 0 Å². The first-order valence-electron chi connectivity index (χ1n) is 0.591. The van der Waals surface area contributed by atoms with E-state index in [-0.39, 0.29) is 0 Å². The average Bonchev–Trinajstić information content (AvgIpc) is 1.37. The fourth-order valence-corrected chi connectivity index (χ4v) is 0. The number of rotatable bonds is 1. The van der Waals surface area contributed by atoms with Crippen molar-refractivity contribution in [1.29, 1.82) is 0 Å². The Morgan fingerprint density at radius 2 is 2.25 bits per heavy atom. The minimum atomic E-state index is -1.05. The standard InChI is InChI=1S/HO3Si/c1-3-4-2/h1H/q-1. The van der Waals surface area contributed by atoms with E-state index in [1.165, 1.54) is 0 Å². The summed E-state index contributed by atoms with van der Waals surface area (Å²) in [5.74, 6) is 0. The zero-order valence-electron chi connectivity index (χ0n) is 1.76. The molecule has 3 nitrogen and oxygen atoms in total. The van der Waals surface area contributed by atoms with Gasteiger partial charge in [-0.25, -0.2) is 0 Å². The Morgan fingerprint density at radius 1 is 2.00 bits per heavy atom. The second-order valence-electron chi connectivity index (χ2n) is 0.175. The van der Waals surface area contributed by atoms with Crippen LogP contribution in [0.15, 0.2) is 0 Å². The topological polar surface area (TPSA) is 46.5 Å². The van der Waals surface area contributed by atoms with Crippen LogP contribution in [0.25, 0.3) is 0 Å². The van der Waals surface area contributed by atoms with Gasteiger partial charge in [-0.15, -0.1) is 0 Å². The van der Waals surface area contributed by atoms with Gasteiger partial charge in [-0.1, -0.05) is 0 Å². The lowest BCUT2D eigenvalue weighted by Gasteiger charge is -1.83. The molecule has 0 bridgehead atoms. The normalized spacial score (nSPS) is 5.25. The van der Waals surface area contributed by atoms with Gasteiger partial charge in [0.15, 0.2) is 0 Å². The zero-order valence-corrected chi connectivity index (χ0v) is 2.76. The summed E-state index contributed by atoms with van der Waals surface area (Å²) in [6.45, 7) is 0. The zero-order chi connectivity index (χ0) is 3.41. The largest absolute Gasteiger partial charge is 0.564 e. The molecule has 0 atom stereocenters. The van der Waals surface area contributed by atoms with Crippen molar-refractivity contribution in [3.8, 4) is 0 Å². The van der Waals surface area contributed by atoms with Crippen molar-refractivity contribution in [2.75, 3.05) is 0 Å². The van der Waals surface area contributed by atoms with Crippen molar-refractivity contribution >= 4 is 9.65 Å². The average molecular weight is 77.1 g/mol. The number of hydrogen-bond donors (Lipinski definition) is 1. The third-order valence-electron chi connectivity index (χ3n) is 0.0373. The Balaban J connectivity index is 2.30. The molecule has 4 heavy (non-hydrogen) atoms. The van der Waals surface area contributed by atoms with Gasteiger partial charge in [0.05, 0.1) is 0 Å². The van der Waals surface area contributed by atoms with Gasteiger partial charge in [0.2, 0.25) is 0 Å². The predicted molar refractivity (Wildman–Crippen MR) is 10.2 cm³/mol. The first kappa shape index (κ1) is 3.78. The van der Waals surface area contributed by atoms with Crippen LogP contribution in [0.5, 0.6) is 0 Å². The molecule has 0 aromatic carbocycles. The van der Waals surface area contributed by atoms with Crippen molar-refractivity contribution in [3.05, 3.63) is 0 Å². The minimum Gasteiger partial charge on any atom is -0.564 e. The van der Waals surface area contributed by atoms with Gasteiger partial charge < -0.3 is 9.04 Å². The molecule has 0 saturated carbocycles. The summed E-state index contributed by atoms with van der Waals surface area (Å²) in [6.07, 6.45) is 0. The molecule has 4 heteroatoms. The van der Waals surface area contributed by atoms with Gasteiger partial charge in [-0.05, 0) is 0 Å². The molecule has 0 radical (unpaired) electrons. The highest BCUT2D eigenvalue weighted by molar-refractivity contribution is 6.06. The molecule has 0 unspecified atom stereocenters. The molecule has 0 spiro atoms. The Hall–Kier alpha value is -0.223. The van der Waals surface area contributed by atoms with Gasteiger partial charge in [0.25, 0.3) is 0 Å². The summed E-state index contributed by atoms with van der Waals surface area (Å²) in [6, 6.07) is 0. The van der Waals surface area contributed by atoms with Gasteiger partial charge >= 0.3 is 0 Å². The van der Waals surface area contributed by atoms with E-state index >= 15 is 0 Å². The lowest BCUT2D eigenvalue weighted by Crippen LogP contribution is -1.73. The van der Waals surface area contributed by atoms with Crippen molar-refractivity contribution in [3.63, 3.8) is 0 Å². The Labute approximate surface area is 25.1 Å². The van der Waals surface area contributed by atoms with E-state index in [0.717, 1.165) is 0 Å². The summed E-state index contributed by atoms with van der Waals surface area (Å²) in [5, 5.41) is 7.07. The van der Waals surface area contributed by atoms with E-state index < -0.39 is 9.65 Å². The van der Waals surface area contributed by atoms with Crippen LogP contribution >= 0.6 is 0 Å². The van der Waals surface area contributed by atoms with E-state index in [9.17, 15) is 0 Å². The quantitative estimate of drug-likeness (QED) is 0.259. The molecule has 0 aromatic heterocycles. The van der Waals surface area contributed by atoms with Crippen LogP contribution in [0.4, 0.5) is 0 Å². The van der Waals surface area contributed by atoms with Crippen molar-refractivity contribution < 1.29 is 14.3 Å². The molecule has 0 aliphatic rings. The molecule has 0 aromatic rings. The molecule has 0 rings (SSSR count). The lowest BCUT2D eigenvalue weighted by atomic mass is 15.0. The maximum Gasteiger partial charge on any atom is 0.115 e. The van der Waals surface area contributed by atoms with Gasteiger partial charge in [-0.2, -0.15) is 0 Å². The third-order valence-corrected chi connectivity index (χ3v) is 0.112. The van der Waals surface area contributed by atoms with Gasteiger partial charge in [-0.3, -0.25) is 5.26 Å². The Kier molecular flexibility index (Phi) is 2.62. The van der Waals surface area contributed by atoms with E-state index in [2.05, 4.69) is 4.58 Å². The van der Waals surface area contributed by atoms with E-state index in [0.29, 0.717) is 0 Å². The summed E-state index contributed by atoms with van der Waals surface area (Å²) < 4.78 is 11.9. The Bertz CT molecular complexity index is 17.2. The smallest absolute Gasteiger partial charge is 0.115 e. The molecular weight excluding hydrogens is 76.1 g/mol. The van der Waals surface area contributed by atoms with Crippen molar-refractivity contribution in [2.24, 2.45) is 0 Å². The van der Waals surface area contributed by atoms with Gasteiger partial charge in [0.1, 0.15) is 9.65 Å². The molecule has 0 saturated heterocycles. The summed E-state index contributed by atoms with van der Waals surface area (Å²) in [4.78, 5) is 0. The SMILES string of the molecule is O=[Si-]OO. The maximum absolute atomic E-state index is 8.85. The molecule has 0 aliphatic heterocycles. The van der Waals surface area contributed by atoms with E-state index in [1.807, 2.05) is 0 Å². The first-order valence-corrected chi connectivity index (χ1v) is 1.41. The molecule has 0 heterocycles. The molecule has 1 N–H and O–H groups in total. The lowest BCUT2D eigenvalue weighted by molar-refractivity contribution is -0.141. The summed E-state index contributed by atoms with van der Waals surface area (Å²) >= 11 is 0. The molecule has 0 fully saturated rings. The maximum atomic E-state index is 8.85.